The molecule has 0 spiro atoms. The van der Waals surface area contributed by atoms with Crippen molar-refractivity contribution in [1.29, 1.82) is 0 Å². The van der Waals surface area contributed by atoms with Gasteiger partial charge in [-0.05, 0) is 49.7 Å². The number of rotatable bonds is 3. The van der Waals surface area contributed by atoms with E-state index >= 15 is 0 Å². The third kappa shape index (κ3) is 4.88. The number of nitrogens with one attached hydrogen (secondary N) is 1. The average Bonchev–Trinajstić information content (AvgIpc) is 3.13. The van der Waals surface area contributed by atoms with E-state index < -0.39 is 0 Å². The minimum absolute atomic E-state index is 0. The fraction of sp³-hybridized carbons (Fsp3) is 0.304. The largest absolute Gasteiger partial charge is 0.506 e. The van der Waals surface area contributed by atoms with Gasteiger partial charge in [0.05, 0.1) is 11.7 Å². The molecule has 8 nitrogen and oxygen atoms in total. The lowest BCUT2D eigenvalue weighted by Gasteiger charge is -2.36. The first-order chi connectivity index (χ1) is 15.0. The molecule has 1 aliphatic heterocycles. The molecular formula is C23H27Cl2N7O. The maximum absolute atomic E-state index is 10.6. The number of fused-ring (bicyclic) bond motifs is 1. The second-order valence-electron chi connectivity index (χ2n) is 8.28. The Morgan fingerprint density at radius 2 is 1.70 bits per heavy atom. The molecule has 0 unspecified atom stereocenters. The standard InChI is InChI=1S/C23H25N7O.2ClH/c1-14-12-30(13-15(2)26-14)22-7-5-19(27-28-22)23-21(31)9-17(10-24-23)16-4-6-20-18(8-16)11-25-29(20)3;;/h4-11,14-15,26,31H,12-13H2,1-3H3;2*1H/t14-,15+;;. The van der Waals surface area contributed by atoms with Crippen molar-refractivity contribution in [1.82, 2.24) is 30.3 Å². The monoisotopic (exact) mass is 487 g/mol. The molecule has 0 bridgehead atoms. The second-order valence-corrected chi connectivity index (χ2v) is 8.28. The Kier molecular flexibility index (Phi) is 7.41. The summed E-state index contributed by atoms with van der Waals surface area (Å²) in [6.07, 6.45) is 3.58. The molecule has 1 aromatic carbocycles. The number of anilines is 1. The molecule has 10 heteroatoms. The molecule has 4 aromatic rings. The molecular weight excluding hydrogens is 461 g/mol. The van der Waals surface area contributed by atoms with Crippen molar-refractivity contribution in [3.8, 4) is 28.3 Å². The predicted octanol–water partition coefficient (Wildman–Crippen LogP) is 3.83. The van der Waals surface area contributed by atoms with E-state index in [-0.39, 0.29) is 30.6 Å². The van der Waals surface area contributed by atoms with Gasteiger partial charge in [-0.3, -0.25) is 4.68 Å². The molecule has 1 aliphatic rings. The molecule has 2 N–H and O–H groups in total. The highest BCUT2D eigenvalue weighted by Gasteiger charge is 2.22. The zero-order chi connectivity index (χ0) is 21.5. The van der Waals surface area contributed by atoms with Crippen LogP contribution in [-0.4, -0.2) is 55.2 Å². The van der Waals surface area contributed by atoms with E-state index in [0.717, 1.165) is 40.9 Å². The molecule has 4 heterocycles. The zero-order valence-corrected chi connectivity index (χ0v) is 20.3. The molecule has 174 valence electrons. The van der Waals surface area contributed by atoms with Crippen LogP contribution in [0.5, 0.6) is 5.75 Å². The summed E-state index contributed by atoms with van der Waals surface area (Å²) in [5, 5.41) is 28.2. The van der Waals surface area contributed by atoms with Crippen LogP contribution in [0.1, 0.15) is 13.8 Å². The summed E-state index contributed by atoms with van der Waals surface area (Å²) in [6, 6.07) is 12.4. The van der Waals surface area contributed by atoms with Crippen molar-refractivity contribution in [2.45, 2.75) is 25.9 Å². The number of hydrogen-bond acceptors (Lipinski definition) is 7. The van der Waals surface area contributed by atoms with Gasteiger partial charge in [0.15, 0.2) is 5.82 Å². The van der Waals surface area contributed by atoms with Gasteiger partial charge in [0.2, 0.25) is 0 Å². The average molecular weight is 488 g/mol. The molecule has 0 amide bonds. The summed E-state index contributed by atoms with van der Waals surface area (Å²) >= 11 is 0. The quantitative estimate of drug-likeness (QED) is 0.453. The van der Waals surface area contributed by atoms with E-state index in [1.165, 1.54) is 0 Å². The summed E-state index contributed by atoms with van der Waals surface area (Å²) in [7, 11) is 1.92. The molecule has 1 saturated heterocycles. The van der Waals surface area contributed by atoms with Gasteiger partial charge < -0.3 is 15.3 Å². The number of aromatic hydroxyl groups is 1. The summed E-state index contributed by atoms with van der Waals surface area (Å²) in [5.41, 5.74) is 3.83. The molecule has 0 saturated carbocycles. The third-order valence-corrected chi connectivity index (χ3v) is 5.72. The Labute approximate surface area is 204 Å². The highest BCUT2D eigenvalue weighted by Crippen LogP contribution is 2.31. The summed E-state index contributed by atoms with van der Waals surface area (Å²) in [4.78, 5) is 6.71. The fourth-order valence-electron chi connectivity index (χ4n) is 4.29. The molecule has 5 rings (SSSR count). The van der Waals surface area contributed by atoms with Gasteiger partial charge in [-0.1, -0.05) is 6.07 Å². The van der Waals surface area contributed by atoms with Crippen molar-refractivity contribution in [2.24, 2.45) is 7.05 Å². The van der Waals surface area contributed by atoms with E-state index in [9.17, 15) is 5.11 Å². The minimum Gasteiger partial charge on any atom is -0.506 e. The van der Waals surface area contributed by atoms with E-state index in [4.69, 9.17) is 0 Å². The van der Waals surface area contributed by atoms with Crippen LogP contribution in [0.15, 0.2) is 48.8 Å². The smallest absolute Gasteiger partial charge is 0.151 e. The molecule has 33 heavy (non-hydrogen) atoms. The van der Waals surface area contributed by atoms with Gasteiger partial charge in [0.25, 0.3) is 0 Å². The normalized spacial score (nSPS) is 18.0. The predicted molar refractivity (Wildman–Crippen MR) is 135 cm³/mol. The van der Waals surface area contributed by atoms with Gasteiger partial charge in [-0.25, -0.2) is 4.98 Å². The number of aryl methyl sites for hydroxylation is 1. The van der Waals surface area contributed by atoms with Gasteiger partial charge in [-0.15, -0.1) is 35.0 Å². The van der Waals surface area contributed by atoms with Crippen LogP contribution in [0.2, 0.25) is 0 Å². The molecule has 0 radical (unpaired) electrons. The van der Waals surface area contributed by atoms with Crippen molar-refractivity contribution in [2.75, 3.05) is 18.0 Å². The number of nitrogens with zero attached hydrogens (tertiary/aromatic N) is 6. The Hall–Kier alpha value is -2.94. The van der Waals surface area contributed by atoms with Crippen LogP contribution in [-0.2, 0) is 7.05 Å². The van der Waals surface area contributed by atoms with Crippen molar-refractivity contribution in [3.63, 3.8) is 0 Å². The van der Waals surface area contributed by atoms with Crippen LogP contribution in [0, 0.1) is 0 Å². The molecule has 1 fully saturated rings. The topological polar surface area (TPSA) is 92.0 Å². The fourth-order valence-corrected chi connectivity index (χ4v) is 4.29. The maximum Gasteiger partial charge on any atom is 0.151 e. The number of benzene rings is 1. The molecule has 0 aliphatic carbocycles. The highest BCUT2D eigenvalue weighted by molar-refractivity contribution is 5.86. The van der Waals surface area contributed by atoms with Crippen LogP contribution in [0.4, 0.5) is 5.82 Å². The Balaban J connectivity index is 0.00000153. The number of hydrogen-bond donors (Lipinski definition) is 2. The van der Waals surface area contributed by atoms with Gasteiger partial charge in [0, 0.05) is 49.4 Å². The van der Waals surface area contributed by atoms with Crippen molar-refractivity contribution in [3.05, 3.63) is 48.8 Å². The van der Waals surface area contributed by atoms with E-state index in [1.807, 2.05) is 48.3 Å². The number of aromatic nitrogens is 5. The summed E-state index contributed by atoms with van der Waals surface area (Å²) < 4.78 is 1.84. The first-order valence-corrected chi connectivity index (χ1v) is 10.4. The Morgan fingerprint density at radius 1 is 0.939 bits per heavy atom. The van der Waals surface area contributed by atoms with Crippen LogP contribution in [0.25, 0.3) is 33.4 Å². The third-order valence-electron chi connectivity index (χ3n) is 5.72. The Morgan fingerprint density at radius 3 is 2.36 bits per heavy atom. The number of halogens is 2. The molecule has 3 aromatic heterocycles. The van der Waals surface area contributed by atoms with Gasteiger partial charge >= 0.3 is 0 Å². The van der Waals surface area contributed by atoms with Gasteiger partial charge in [-0.2, -0.15) is 5.10 Å². The van der Waals surface area contributed by atoms with Crippen molar-refractivity contribution < 1.29 is 5.11 Å². The van der Waals surface area contributed by atoms with E-state index in [2.05, 4.69) is 44.3 Å². The first kappa shape index (κ1) is 24.7. The van der Waals surface area contributed by atoms with E-state index in [0.29, 0.717) is 23.5 Å². The summed E-state index contributed by atoms with van der Waals surface area (Å²) in [5.74, 6) is 0.917. The van der Waals surface area contributed by atoms with Crippen LogP contribution < -0.4 is 10.2 Å². The highest BCUT2D eigenvalue weighted by atomic mass is 35.5. The Bertz CT molecular complexity index is 1240. The number of pyridine rings is 1. The lowest BCUT2D eigenvalue weighted by molar-refractivity contribution is 0.404. The SMILES string of the molecule is C[C@@H]1CN(c2ccc(-c3ncc(-c4ccc5c(cnn5C)c4)cc3O)nn2)C[C@H](C)N1.Cl.Cl. The van der Waals surface area contributed by atoms with Crippen LogP contribution >= 0.6 is 24.8 Å². The minimum atomic E-state index is 0. The zero-order valence-electron chi connectivity index (χ0n) is 18.6. The lowest BCUT2D eigenvalue weighted by Crippen LogP contribution is -2.54. The van der Waals surface area contributed by atoms with Crippen molar-refractivity contribution >= 4 is 41.5 Å². The lowest BCUT2D eigenvalue weighted by atomic mass is 10.0. The number of piperazine rings is 1. The second kappa shape index (κ2) is 9.91. The molecule has 2 atom stereocenters. The van der Waals surface area contributed by atoms with Crippen LogP contribution in [0.3, 0.4) is 0 Å². The summed E-state index contributed by atoms with van der Waals surface area (Å²) in [6.45, 7) is 6.11. The maximum atomic E-state index is 10.6. The first-order valence-electron chi connectivity index (χ1n) is 10.4. The van der Waals surface area contributed by atoms with Gasteiger partial charge in [0.1, 0.15) is 17.1 Å². The van der Waals surface area contributed by atoms with E-state index in [1.54, 1.807) is 12.3 Å².